The van der Waals surface area contributed by atoms with E-state index in [0.29, 0.717) is 13.2 Å². The van der Waals surface area contributed by atoms with Crippen LogP contribution in [0.15, 0.2) is 18.2 Å². The third-order valence-electron chi connectivity index (χ3n) is 2.69. The molecule has 0 bridgehead atoms. The van der Waals surface area contributed by atoms with E-state index in [1.807, 2.05) is 39.0 Å². The molecule has 0 aromatic heterocycles. The molecule has 0 radical (unpaired) electrons. The highest BCUT2D eigenvalue weighted by Gasteiger charge is 2.32. The molecule has 1 aliphatic rings. The van der Waals surface area contributed by atoms with Crippen LogP contribution in [0.3, 0.4) is 0 Å². The number of aryl methyl sites for hydroxylation is 1. The van der Waals surface area contributed by atoms with Crippen molar-refractivity contribution in [3.05, 3.63) is 23.8 Å². The molecule has 1 aromatic rings. The van der Waals surface area contributed by atoms with Gasteiger partial charge in [-0.3, -0.25) is 0 Å². The van der Waals surface area contributed by atoms with Gasteiger partial charge in [-0.1, -0.05) is 0 Å². The number of benzene rings is 1. The molecule has 4 nitrogen and oxygen atoms in total. The van der Waals surface area contributed by atoms with E-state index in [1.165, 1.54) is 0 Å². The van der Waals surface area contributed by atoms with Crippen LogP contribution in [0.4, 0.5) is 5.69 Å². The fraction of sp³-hybridized carbons (Fsp3) is 0.538. The zero-order valence-corrected chi connectivity index (χ0v) is 10.5. The highest BCUT2D eigenvalue weighted by molar-refractivity contribution is 5.47. The van der Waals surface area contributed by atoms with Gasteiger partial charge < -0.3 is 19.9 Å². The molecule has 0 aliphatic carbocycles. The number of nitrogens with two attached hydrogens (primary N) is 1. The van der Waals surface area contributed by atoms with Gasteiger partial charge in [-0.05, 0) is 44.5 Å². The minimum absolute atomic E-state index is 0.0121. The lowest BCUT2D eigenvalue weighted by molar-refractivity contribution is -0.141. The highest BCUT2D eigenvalue weighted by Crippen LogP contribution is 2.24. The Morgan fingerprint density at radius 2 is 2.24 bits per heavy atom. The first-order valence-electron chi connectivity index (χ1n) is 5.77. The zero-order chi connectivity index (χ0) is 12.5. The predicted octanol–water partition coefficient (Wildman–Crippen LogP) is 2.11. The van der Waals surface area contributed by atoms with Crippen molar-refractivity contribution in [2.75, 3.05) is 18.9 Å². The van der Waals surface area contributed by atoms with E-state index in [9.17, 15) is 0 Å². The van der Waals surface area contributed by atoms with Gasteiger partial charge in [0.2, 0.25) is 0 Å². The molecule has 0 spiro atoms. The molecule has 1 aromatic carbocycles. The van der Waals surface area contributed by atoms with Crippen LogP contribution < -0.4 is 10.5 Å². The molecule has 1 unspecified atom stereocenters. The van der Waals surface area contributed by atoms with E-state index < -0.39 is 5.79 Å². The van der Waals surface area contributed by atoms with Crippen LogP contribution in [0, 0.1) is 6.92 Å². The maximum Gasteiger partial charge on any atom is 0.163 e. The summed E-state index contributed by atoms with van der Waals surface area (Å²) in [5.74, 6) is 0.344. The van der Waals surface area contributed by atoms with Gasteiger partial charge in [-0.15, -0.1) is 0 Å². The molecular formula is C13H19NO3. The van der Waals surface area contributed by atoms with Crippen molar-refractivity contribution in [3.63, 3.8) is 0 Å². The standard InChI is InChI=1S/C13H19NO3/c1-9-6-10(14)4-5-12(9)15-7-11-8-16-13(2,3)17-11/h4-6,11H,7-8,14H2,1-3H3. The van der Waals surface area contributed by atoms with Gasteiger partial charge in [0.25, 0.3) is 0 Å². The molecule has 1 saturated heterocycles. The SMILES string of the molecule is Cc1cc(N)ccc1OCC1COC(C)(C)O1. The zero-order valence-electron chi connectivity index (χ0n) is 10.5. The molecule has 94 valence electrons. The summed E-state index contributed by atoms with van der Waals surface area (Å²) < 4.78 is 16.8. The van der Waals surface area contributed by atoms with Crippen molar-refractivity contribution >= 4 is 5.69 Å². The number of hydrogen-bond donors (Lipinski definition) is 1. The average molecular weight is 237 g/mol. The van der Waals surface area contributed by atoms with E-state index in [1.54, 1.807) is 0 Å². The number of hydrogen-bond acceptors (Lipinski definition) is 4. The van der Waals surface area contributed by atoms with Gasteiger partial charge in [0.05, 0.1) is 6.61 Å². The number of nitrogen functional groups attached to an aromatic ring is 1. The first-order chi connectivity index (χ1) is 7.96. The second kappa shape index (κ2) is 4.55. The molecule has 1 fully saturated rings. The Hall–Kier alpha value is -1.26. The Labute approximate surface area is 102 Å². The second-order valence-corrected chi connectivity index (χ2v) is 4.79. The first-order valence-corrected chi connectivity index (χ1v) is 5.77. The maximum absolute atomic E-state index is 5.71. The number of rotatable bonds is 3. The fourth-order valence-electron chi connectivity index (χ4n) is 1.86. The number of anilines is 1. The van der Waals surface area contributed by atoms with E-state index in [2.05, 4.69) is 0 Å². The lowest BCUT2D eigenvalue weighted by atomic mass is 10.2. The van der Waals surface area contributed by atoms with Gasteiger partial charge in [-0.2, -0.15) is 0 Å². The quantitative estimate of drug-likeness (QED) is 0.818. The Morgan fingerprint density at radius 3 is 2.82 bits per heavy atom. The lowest BCUT2D eigenvalue weighted by Crippen LogP contribution is -2.25. The molecule has 0 saturated carbocycles. The van der Waals surface area contributed by atoms with E-state index >= 15 is 0 Å². The smallest absolute Gasteiger partial charge is 0.163 e. The third kappa shape index (κ3) is 3.11. The Bertz CT molecular complexity index is 404. The summed E-state index contributed by atoms with van der Waals surface area (Å²) >= 11 is 0. The van der Waals surface area contributed by atoms with Crippen LogP contribution in [-0.2, 0) is 9.47 Å². The van der Waals surface area contributed by atoms with E-state index in [0.717, 1.165) is 17.0 Å². The molecular weight excluding hydrogens is 218 g/mol. The summed E-state index contributed by atoms with van der Waals surface area (Å²) in [6, 6.07) is 5.61. The third-order valence-corrected chi connectivity index (χ3v) is 2.69. The molecule has 0 amide bonds. The monoisotopic (exact) mass is 237 g/mol. The van der Waals surface area contributed by atoms with Gasteiger partial charge >= 0.3 is 0 Å². The molecule has 1 aliphatic heterocycles. The van der Waals surface area contributed by atoms with Gasteiger partial charge in [-0.25, -0.2) is 0 Å². The van der Waals surface area contributed by atoms with Crippen LogP contribution in [0.1, 0.15) is 19.4 Å². The average Bonchev–Trinajstić information content (AvgIpc) is 2.57. The second-order valence-electron chi connectivity index (χ2n) is 4.79. The fourth-order valence-corrected chi connectivity index (χ4v) is 1.86. The van der Waals surface area contributed by atoms with Crippen LogP contribution in [0.5, 0.6) is 5.75 Å². The first kappa shape index (κ1) is 12.2. The van der Waals surface area contributed by atoms with Crippen LogP contribution in [0.2, 0.25) is 0 Å². The van der Waals surface area contributed by atoms with Crippen molar-refractivity contribution in [3.8, 4) is 5.75 Å². The summed E-state index contributed by atoms with van der Waals surface area (Å²) in [5, 5.41) is 0. The Morgan fingerprint density at radius 1 is 1.47 bits per heavy atom. The molecule has 4 heteroatoms. The van der Waals surface area contributed by atoms with Crippen molar-refractivity contribution in [2.24, 2.45) is 0 Å². The van der Waals surface area contributed by atoms with Crippen molar-refractivity contribution < 1.29 is 14.2 Å². The van der Waals surface area contributed by atoms with Crippen LogP contribution >= 0.6 is 0 Å². The summed E-state index contributed by atoms with van der Waals surface area (Å²) in [7, 11) is 0. The van der Waals surface area contributed by atoms with Crippen molar-refractivity contribution in [2.45, 2.75) is 32.7 Å². The lowest BCUT2D eigenvalue weighted by Gasteiger charge is -2.17. The van der Waals surface area contributed by atoms with Gasteiger partial charge in [0.1, 0.15) is 18.5 Å². The Balaban J connectivity index is 1.90. The molecule has 2 N–H and O–H groups in total. The normalized spacial score (nSPS) is 22.6. The molecule has 17 heavy (non-hydrogen) atoms. The minimum Gasteiger partial charge on any atom is -0.491 e. The topological polar surface area (TPSA) is 53.7 Å². The van der Waals surface area contributed by atoms with E-state index in [-0.39, 0.29) is 6.10 Å². The largest absolute Gasteiger partial charge is 0.491 e. The maximum atomic E-state index is 5.71. The summed E-state index contributed by atoms with van der Waals surface area (Å²) in [6.07, 6.45) is -0.0121. The molecule has 1 heterocycles. The summed E-state index contributed by atoms with van der Waals surface area (Å²) in [6.45, 7) is 6.85. The Kier molecular flexibility index (Phi) is 3.26. The van der Waals surface area contributed by atoms with Crippen LogP contribution in [-0.4, -0.2) is 25.1 Å². The number of ether oxygens (including phenoxy) is 3. The highest BCUT2D eigenvalue weighted by atomic mass is 16.7. The van der Waals surface area contributed by atoms with Gasteiger partial charge in [0, 0.05) is 5.69 Å². The van der Waals surface area contributed by atoms with Crippen molar-refractivity contribution in [1.82, 2.24) is 0 Å². The minimum atomic E-state index is -0.496. The van der Waals surface area contributed by atoms with Crippen molar-refractivity contribution in [1.29, 1.82) is 0 Å². The van der Waals surface area contributed by atoms with E-state index in [4.69, 9.17) is 19.9 Å². The summed E-state index contributed by atoms with van der Waals surface area (Å²) in [5.41, 5.74) is 7.46. The summed E-state index contributed by atoms with van der Waals surface area (Å²) in [4.78, 5) is 0. The molecule has 2 rings (SSSR count). The molecule has 1 atom stereocenters. The van der Waals surface area contributed by atoms with Gasteiger partial charge in [0.15, 0.2) is 5.79 Å². The van der Waals surface area contributed by atoms with Crippen LogP contribution in [0.25, 0.3) is 0 Å². The predicted molar refractivity (Wildman–Crippen MR) is 66.0 cm³/mol.